The summed E-state index contributed by atoms with van der Waals surface area (Å²) in [5.41, 5.74) is 5.92. The summed E-state index contributed by atoms with van der Waals surface area (Å²) in [4.78, 5) is 11.4. The third kappa shape index (κ3) is 5.15. The van der Waals surface area contributed by atoms with Crippen molar-refractivity contribution >= 4 is 17.5 Å². The fourth-order valence-corrected chi connectivity index (χ4v) is 1.51. The van der Waals surface area contributed by atoms with Crippen molar-refractivity contribution < 1.29 is 9.18 Å². The zero-order valence-electron chi connectivity index (χ0n) is 9.67. The summed E-state index contributed by atoms with van der Waals surface area (Å²) in [6, 6.07) is 4.25. The van der Waals surface area contributed by atoms with Crippen molar-refractivity contribution in [1.29, 1.82) is 0 Å². The third-order valence-electron chi connectivity index (χ3n) is 2.31. The van der Waals surface area contributed by atoms with E-state index in [2.05, 4.69) is 5.32 Å². The normalized spacial score (nSPS) is 12.2. The molecule has 1 aromatic carbocycles. The van der Waals surface area contributed by atoms with Gasteiger partial charge in [0.2, 0.25) is 5.91 Å². The Kier molecular flexibility index (Phi) is 5.38. The largest absolute Gasteiger partial charge is 0.352 e. The molecule has 5 heteroatoms. The molecule has 0 aromatic heterocycles. The summed E-state index contributed by atoms with van der Waals surface area (Å²) < 4.78 is 13.3. The predicted molar refractivity (Wildman–Crippen MR) is 66.1 cm³/mol. The average molecular weight is 259 g/mol. The van der Waals surface area contributed by atoms with Crippen LogP contribution in [0.3, 0.4) is 0 Å². The molecule has 1 aromatic rings. The summed E-state index contributed by atoms with van der Waals surface area (Å²) in [6.45, 7) is 1.98. The van der Waals surface area contributed by atoms with Crippen LogP contribution in [0.15, 0.2) is 18.2 Å². The van der Waals surface area contributed by atoms with E-state index in [1.807, 2.05) is 6.92 Å². The molecule has 0 bridgehead atoms. The highest BCUT2D eigenvalue weighted by atomic mass is 35.5. The van der Waals surface area contributed by atoms with Crippen molar-refractivity contribution in [3.8, 4) is 0 Å². The molecule has 0 radical (unpaired) electrons. The van der Waals surface area contributed by atoms with Gasteiger partial charge in [-0.2, -0.15) is 0 Å². The molecular weight excluding hydrogens is 243 g/mol. The van der Waals surface area contributed by atoms with Gasteiger partial charge in [-0.15, -0.1) is 0 Å². The Morgan fingerprint density at radius 3 is 2.94 bits per heavy atom. The molecule has 3 nitrogen and oxygen atoms in total. The number of carbonyl (C=O) groups is 1. The Bertz CT molecular complexity index is 396. The highest BCUT2D eigenvalue weighted by Crippen LogP contribution is 2.14. The first-order chi connectivity index (χ1) is 7.99. The number of nitrogens with two attached hydrogens (primary N) is 1. The number of benzene rings is 1. The van der Waals surface area contributed by atoms with E-state index in [4.69, 9.17) is 17.3 Å². The summed E-state index contributed by atoms with van der Waals surface area (Å²) in [5, 5.41) is 3.08. The highest BCUT2D eigenvalue weighted by molar-refractivity contribution is 6.30. The SMILES string of the molecule is CC(N)CCC(=O)NCc1cc(Cl)ccc1F. The van der Waals surface area contributed by atoms with E-state index in [0.717, 1.165) is 0 Å². The first kappa shape index (κ1) is 13.9. The van der Waals surface area contributed by atoms with Gasteiger partial charge in [-0.05, 0) is 31.5 Å². The van der Waals surface area contributed by atoms with Gasteiger partial charge in [-0.25, -0.2) is 4.39 Å². The van der Waals surface area contributed by atoms with E-state index in [1.165, 1.54) is 18.2 Å². The fourth-order valence-electron chi connectivity index (χ4n) is 1.32. The van der Waals surface area contributed by atoms with Gasteiger partial charge in [0.05, 0.1) is 0 Å². The van der Waals surface area contributed by atoms with Gasteiger partial charge in [0, 0.05) is 29.6 Å². The summed E-state index contributed by atoms with van der Waals surface area (Å²) in [5.74, 6) is -0.511. The monoisotopic (exact) mass is 258 g/mol. The summed E-state index contributed by atoms with van der Waals surface area (Å²) in [7, 11) is 0. The Morgan fingerprint density at radius 2 is 2.29 bits per heavy atom. The molecule has 1 rings (SSSR count). The van der Waals surface area contributed by atoms with Crippen LogP contribution < -0.4 is 11.1 Å². The van der Waals surface area contributed by atoms with Gasteiger partial charge >= 0.3 is 0 Å². The molecule has 1 amide bonds. The number of nitrogens with one attached hydrogen (secondary N) is 1. The van der Waals surface area contributed by atoms with Gasteiger partial charge in [0.25, 0.3) is 0 Å². The molecule has 0 fully saturated rings. The van der Waals surface area contributed by atoms with Crippen LogP contribution in [0.5, 0.6) is 0 Å². The Hall–Kier alpha value is -1.13. The van der Waals surface area contributed by atoms with Crippen molar-refractivity contribution in [2.75, 3.05) is 0 Å². The fraction of sp³-hybridized carbons (Fsp3) is 0.417. The van der Waals surface area contributed by atoms with Gasteiger partial charge in [-0.3, -0.25) is 4.79 Å². The zero-order valence-corrected chi connectivity index (χ0v) is 10.4. The maximum atomic E-state index is 13.3. The minimum absolute atomic E-state index is 0.0105. The molecule has 3 N–H and O–H groups in total. The zero-order chi connectivity index (χ0) is 12.8. The van der Waals surface area contributed by atoms with Crippen molar-refractivity contribution in [3.63, 3.8) is 0 Å². The smallest absolute Gasteiger partial charge is 0.220 e. The van der Waals surface area contributed by atoms with Crippen LogP contribution in [0.25, 0.3) is 0 Å². The molecule has 0 saturated carbocycles. The van der Waals surface area contributed by atoms with Crippen molar-refractivity contribution in [1.82, 2.24) is 5.32 Å². The number of carbonyl (C=O) groups excluding carboxylic acids is 1. The Labute approximate surface area is 105 Å². The second kappa shape index (κ2) is 6.57. The minimum atomic E-state index is -0.373. The molecule has 17 heavy (non-hydrogen) atoms. The molecular formula is C12H16ClFN2O. The van der Waals surface area contributed by atoms with E-state index in [1.54, 1.807) is 0 Å². The molecule has 94 valence electrons. The number of halogens is 2. The van der Waals surface area contributed by atoms with Crippen LogP contribution in [0.2, 0.25) is 5.02 Å². The molecule has 0 heterocycles. The van der Waals surface area contributed by atoms with Crippen LogP contribution in [-0.4, -0.2) is 11.9 Å². The van der Waals surface area contributed by atoms with Crippen LogP contribution in [0.1, 0.15) is 25.3 Å². The van der Waals surface area contributed by atoms with E-state index in [0.29, 0.717) is 23.4 Å². The van der Waals surface area contributed by atoms with Crippen LogP contribution in [-0.2, 0) is 11.3 Å². The number of hydrogen-bond donors (Lipinski definition) is 2. The van der Waals surface area contributed by atoms with Gasteiger partial charge in [0.1, 0.15) is 5.82 Å². The van der Waals surface area contributed by atoms with E-state index < -0.39 is 0 Å². The van der Waals surface area contributed by atoms with Crippen LogP contribution in [0.4, 0.5) is 4.39 Å². The minimum Gasteiger partial charge on any atom is -0.352 e. The van der Waals surface area contributed by atoms with Crippen molar-refractivity contribution in [3.05, 3.63) is 34.6 Å². The quantitative estimate of drug-likeness (QED) is 0.851. The van der Waals surface area contributed by atoms with E-state index in [9.17, 15) is 9.18 Å². The Morgan fingerprint density at radius 1 is 1.59 bits per heavy atom. The molecule has 1 atom stereocenters. The standard InChI is InChI=1S/C12H16ClFN2O/c1-8(15)2-5-12(17)16-7-9-6-10(13)3-4-11(9)14/h3-4,6,8H,2,5,7,15H2,1H3,(H,16,17). The third-order valence-corrected chi connectivity index (χ3v) is 2.55. The molecule has 1 unspecified atom stereocenters. The maximum absolute atomic E-state index is 13.3. The number of rotatable bonds is 5. The molecule has 0 saturated heterocycles. The summed E-state index contributed by atoms with van der Waals surface area (Å²) >= 11 is 5.74. The lowest BCUT2D eigenvalue weighted by molar-refractivity contribution is -0.121. The molecule has 0 aliphatic carbocycles. The molecule has 0 spiro atoms. The highest BCUT2D eigenvalue weighted by Gasteiger charge is 2.06. The summed E-state index contributed by atoms with van der Waals surface area (Å²) in [6.07, 6.45) is 0.962. The lowest BCUT2D eigenvalue weighted by Gasteiger charge is -2.08. The van der Waals surface area contributed by atoms with Gasteiger partial charge in [-0.1, -0.05) is 11.6 Å². The van der Waals surface area contributed by atoms with Crippen molar-refractivity contribution in [2.24, 2.45) is 5.73 Å². The predicted octanol–water partition coefficient (Wildman–Crippen LogP) is 2.22. The Balaban J connectivity index is 2.44. The van der Waals surface area contributed by atoms with Gasteiger partial charge < -0.3 is 11.1 Å². The second-order valence-corrected chi connectivity index (χ2v) is 4.46. The lowest BCUT2D eigenvalue weighted by Crippen LogP contribution is -2.25. The lowest BCUT2D eigenvalue weighted by atomic mass is 10.2. The van der Waals surface area contributed by atoms with Crippen LogP contribution in [0, 0.1) is 5.82 Å². The topological polar surface area (TPSA) is 55.1 Å². The van der Waals surface area contributed by atoms with Crippen LogP contribution >= 0.6 is 11.6 Å². The number of hydrogen-bond acceptors (Lipinski definition) is 2. The first-order valence-corrected chi connectivity index (χ1v) is 5.83. The second-order valence-electron chi connectivity index (χ2n) is 4.03. The first-order valence-electron chi connectivity index (χ1n) is 5.45. The molecule has 0 aliphatic rings. The van der Waals surface area contributed by atoms with E-state index in [-0.39, 0.29) is 24.3 Å². The van der Waals surface area contributed by atoms with Gasteiger partial charge in [0.15, 0.2) is 0 Å². The molecule has 0 aliphatic heterocycles. The average Bonchev–Trinajstić information content (AvgIpc) is 2.27. The maximum Gasteiger partial charge on any atom is 0.220 e. The van der Waals surface area contributed by atoms with Crippen molar-refractivity contribution in [2.45, 2.75) is 32.4 Å². The van der Waals surface area contributed by atoms with E-state index >= 15 is 0 Å². The number of amides is 1.